The van der Waals surface area contributed by atoms with Gasteiger partial charge in [-0.1, -0.05) is 146 Å². The maximum Gasteiger partial charge on any atom is 0.218 e. The molecule has 56 heavy (non-hydrogen) atoms. The van der Waals surface area contributed by atoms with E-state index >= 15 is 0 Å². The molecule has 0 saturated heterocycles. The van der Waals surface area contributed by atoms with Crippen LogP contribution in [0.4, 0.5) is 0 Å². The Morgan fingerprint density at radius 3 is 1.48 bits per heavy atom. The molecule has 7 nitrogen and oxygen atoms in total. The molecule has 2 aliphatic rings. The first-order valence-corrected chi connectivity index (χ1v) is 18.5. The maximum absolute atomic E-state index is 6.38. The molecule has 0 spiro atoms. The Balaban J connectivity index is 0.991. The van der Waals surface area contributed by atoms with Gasteiger partial charge in [0, 0.05) is 39.6 Å². The summed E-state index contributed by atoms with van der Waals surface area (Å²) in [6.45, 7) is 0. The van der Waals surface area contributed by atoms with Gasteiger partial charge < -0.3 is 4.74 Å². The molecular weight excluding hydrogens is 689 g/mol. The highest BCUT2D eigenvalue weighted by molar-refractivity contribution is 6.00. The van der Waals surface area contributed by atoms with Gasteiger partial charge in [0.25, 0.3) is 0 Å². The van der Waals surface area contributed by atoms with Crippen molar-refractivity contribution in [2.45, 2.75) is 6.23 Å². The Kier molecular flexibility index (Phi) is 7.41. The van der Waals surface area contributed by atoms with Crippen LogP contribution in [-0.2, 0) is 0 Å². The van der Waals surface area contributed by atoms with E-state index in [9.17, 15) is 0 Å². The lowest BCUT2D eigenvalue weighted by Gasteiger charge is -2.12. The molecule has 1 atom stereocenters. The van der Waals surface area contributed by atoms with Crippen molar-refractivity contribution in [3.63, 3.8) is 0 Å². The van der Waals surface area contributed by atoms with Gasteiger partial charge in [-0.3, -0.25) is 0 Å². The van der Waals surface area contributed by atoms with Crippen LogP contribution in [0.3, 0.4) is 0 Å². The topological polar surface area (TPSA) is 86.0 Å². The van der Waals surface area contributed by atoms with Crippen LogP contribution in [0, 0.1) is 0 Å². The predicted molar refractivity (Wildman–Crippen MR) is 224 cm³/mol. The number of fused-ring (bicyclic) bond motifs is 5. The zero-order valence-electron chi connectivity index (χ0n) is 29.9. The molecule has 0 N–H and O–H groups in total. The normalized spacial score (nSPS) is 14.1. The summed E-state index contributed by atoms with van der Waals surface area (Å²) in [5.41, 5.74) is 9.21. The lowest BCUT2D eigenvalue weighted by molar-refractivity contribution is 0.290. The fraction of sp³-hybridized carbons (Fsp3) is 0.0204. The molecule has 0 bridgehead atoms. The standard InChI is InChI=1S/C49H30N6O/c1-3-9-30(10-4-1)31-15-19-34(20-16-31)46-53-45(33-11-5-2-6-12-33)54-47(55-46)35-21-17-32(18-22-35)42-44-43(41-25-26-50-49(41)56-44)52-48(51-42)39-24-23-38-27-36-13-7-8-14-37(36)28-40(38)29-39/h1-29,49H. The molecule has 0 fully saturated rings. The van der Waals surface area contributed by atoms with Crippen molar-refractivity contribution in [3.8, 4) is 73.7 Å². The van der Waals surface area contributed by atoms with Crippen LogP contribution in [0.2, 0.25) is 0 Å². The van der Waals surface area contributed by atoms with E-state index in [4.69, 9.17) is 29.7 Å². The molecule has 1 unspecified atom stereocenters. The average Bonchev–Trinajstić information content (AvgIpc) is 3.88. The number of ether oxygens (including phenoxy) is 1. The van der Waals surface area contributed by atoms with Gasteiger partial charge in [-0.2, -0.15) is 0 Å². The summed E-state index contributed by atoms with van der Waals surface area (Å²) in [5, 5.41) is 4.71. The second kappa shape index (κ2) is 13.0. The van der Waals surface area contributed by atoms with Gasteiger partial charge in [-0.25, -0.2) is 29.9 Å². The number of hydrogen-bond acceptors (Lipinski definition) is 7. The zero-order chi connectivity index (χ0) is 37.0. The second-order valence-corrected chi connectivity index (χ2v) is 13.9. The largest absolute Gasteiger partial charge is 0.460 e. The van der Waals surface area contributed by atoms with Gasteiger partial charge in [-0.15, -0.1) is 0 Å². The molecule has 11 rings (SSSR count). The highest BCUT2D eigenvalue weighted by Gasteiger charge is 2.35. The number of aromatic nitrogens is 5. The Bertz CT molecular complexity index is 3030. The molecule has 2 aliphatic heterocycles. The van der Waals surface area contributed by atoms with Crippen molar-refractivity contribution >= 4 is 33.3 Å². The molecule has 262 valence electrons. The van der Waals surface area contributed by atoms with E-state index in [1.807, 2.05) is 78.9 Å². The van der Waals surface area contributed by atoms with Crippen LogP contribution in [0.25, 0.3) is 95.1 Å². The summed E-state index contributed by atoms with van der Waals surface area (Å²) in [5.74, 6) is 3.05. The summed E-state index contributed by atoms with van der Waals surface area (Å²) in [6.07, 6.45) is 3.34. The van der Waals surface area contributed by atoms with Gasteiger partial charge in [-0.05, 0) is 56.9 Å². The zero-order valence-corrected chi connectivity index (χ0v) is 29.9. The first kappa shape index (κ1) is 31.8. The van der Waals surface area contributed by atoms with E-state index in [2.05, 4.69) is 96.0 Å². The third-order valence-corrected chi connectivity index (χ3v) is 10.4. The van der Waals surface area contributed by atoms with E-state index in [1.165, 1.54) is 16.2 Å². The minimum Gasteiger partial charge on any atom is -0.460 e. The minimum absolute atomic E-state index is 0.419. The van der Waals surface area contributed by atoms with Crippen LogP contribution in [0.1, 0.15) is 5.69 Å². The summed E-state index contributed by atoms with van der Waals surface area (Å²) in [7, 11) is 0. The number of nitrogens with zero attached hydrogens (tertiary/aromatic N) is 6. The Morgan fingerprint density at radius 2 is 0.821 bits per heavy atom. The molecule has 2 aromatic heterocycles. The highest BCUT2D eigenvalue weighted by atomic mass is 16.5. The van der Waals surface area contributed by atoms with Crippen molar-refractivity contribution in [2.75, 3.05) is 0 Å². The van der Waals surface area contributed by atoms with Crippen LogP contribution >= 0.6 is 0 Å². The number of allylic oxidation sites excluding steroid dienone is 1. The monoisotopic (exact) mass is 718 g/mol. The second-order valence-electron chi connectivity index (χ2n) is 13.9. The molecule has 7 heteroatoms. The first-order chi connectivity index (χ1) is 27.7. The van der Waals surface area contributed by atoms with E-state index < -0.39 is 6.23 Å². The molecule has 0 aliphatic carbocycles. The van der Waals surface area contributed by atoms with Crippen molar-refractivity contribution in [2.24, 2.45) is 4.99 Å². The van der Waals surface area contributed by atoms with Gasteiger partial charge in [0.2, 0.25) is 6.23 Å². The molecule has 0 saturated carbocycles. The number of aliphatic imine (C=N–C) groups is 1. The molecule has 9 aromatic rings. The molecule has 0 radical (unpaired) electrons. The van der Waals surface area contributed by atoms with Crippen LogP contribution in [0.5, 0.6) is 5.75 Å². The smallest absolute Gasteiger partial charge is 0.218 e. The molecular formula is C49H30N6O. The van der Waals surface area contributed by atoms with Crippen molar-refractivity contribution < 1.29 is 4.74 Å². The Morgan fingerprint density at radius 1 is 0.357 bits per heavy atom. The highest BCUT2D eigenvalue weighted by Crippen LogP contribution is 2.45. The number of benzene rings is 7. The number of rotatable bonds is 6. The summed E-state index contributed by atoms with van der Waals surface area (Å²) < 4.78 is 6.38. The van der Waals surface area contributed by atoms with E-state index in [0.29, 0.717) is 34.7 Å². The minimum atomic E-state index is -0.419. The molecule has 0 amide bonds. The van der Waals surface area contributed by atoms with Gasteiger partial charge in [0.15, 0.2) is 29.0 Å². The van der Waals surface area contributed by atoms with Gasteiger partial charge >= 0.3 is 0 Å². The lowest BCUT2D eigenvalue weighted by atomic mass is 10.0. The molecule has 4 heterocycles. The fourth-order valence-corrected chi connectivity index (χ4v) is 7.50. The lowest BCUT2D eigenvalue weighted by Crippen LogP contribution is -2.05. The van der Waals surface area contributed by atoms with E-state index in [1.54, 1.807) is 6.21 Å². The van der Waals surface area contributed by atoms with E-state index in [-0.39, 0.29) is 0 Å². The fourth-order valence-electron chi connectivity index (χ4n) is 7.50. The third kappa shape index (κ3) is 5.61. The number of hydrogen-bond donors (Lipinski definition) is 0. The summed E-state index contributed by atoms with van der Waals surface area (Å²) >= 11 is 0. The average molecular weight is 719 g/mol. The maximum atomic E-state index is 6.38. The SMILES string of the molecule is C1=NC2Oc3c(nc(-c4ccc5cc6ccccc6cc5c4)nc3-c3ccc(-c4nc(-c5ccccc5)nc(-c5ccc(-c6ccccc6)cc5)n4)cc3)C2=C1. The van der Waals surface area contributed by atoms with Crippen molar-refractivity contribution in [3.05, 3.63) is 176 Å². The van der Waals surface area contributed by atoms with Gasteiger partial charge in [0.1, 0.15) is 11.4 Å². The Labute approximate surface area is 322 Å². The predicted octanol–water partition coefficient (Wildman–Crippen LogP) is 11.2. The quantitative estimate of drug-likeness (QED) is 0.159. The third-order valence-electron chi connectivity index (χ3n) is 10.4. The summed E-state index contributed by atoms with van der Waals surface area (Å²) in [4.78, 5) is 29.7. The van der Waals surface area contributed by atoms with Crippen LogP contribution < -0.4 is 4.74 Å². The first-order valence-electron chi connectivity index (χ1n) is 18.5. The molecule has 7 aromatic carbocycles. The van der Waals surface area contributed by atoms with E-state index in [0.717, 1.165) is 55.6 Å². The van der Waals surface area contributed by atoms with Crippen molar-refractivity contribution in [1.82, 2.24) is 24.9 Å². The Hall–Kier alpha value is -7.64. The van der Waals surface area contributed by atoms with Gasteiger partial charge in [0.05, 0.1) is 0 Å². The summed E-state index contributed by atoms with van der Waals surface area (Å²) in [6, 6.07) is 56.1. The van der Waals surface area contributed by atoms with Crippen molar-refractivity contribution in [1.29, 1.82) is 0 Å². The van der Waals surface area contributed by atoms with Crippen LogP contribution in [-0.4, -0.2) is 37.4 Å². The van der Waals surface area contributed by atoms with Crippen LogP contribution in [0.15, 0.2) is 175 Å².